The molecule has 0 unspecified atom stereocenters. The van der Waals surface area contributed by atoms with Crippen LogP contribution in [-0.4, -0.2) is 12.1 Å². The number of benzene rings is 4. The standard InChI is InChI=1S/C23H17BrN2O/c24-22-13-12-17(20-10-3-4-11-21(20)22)14-23(27)26-25-15-18-8-5-7-16-6-1-2-9-19(16)18/h1-13,15H,14H2,(H,26,27)/b25-15+. The summed E-state index contributed by atoms with van der Waals surface area (Å²) in [7, 11) is 0. The molecular formula is C23H17BrN2O. The van der Waals surface area contributed by atoms with E-state index in [1.165, 1.54) is 0 Å². The molecule has 1 N–H and O–H groups in total. The topological polar surface area (TPSA) is 41.5 Å². The second-order valence-corrected chi connectivity index (χ2v) is 7.14. The first kappa shape index (κ1) is 17.4. The summed E-state index contributed by atoms with van der Waals surface area (Å²) in [4.78, 5) is 12.4. The lowest BCUT2D eigenvalue weighted by atomic mass is 10.0. The fourth-order valence-electron chi connectivity index (χ4n) is 3.23. The van der Waals surface area contributed by atoms with Gasteiger partial charge >= 0.3 is 0 Å². The second-order valence-electron chi connectivity index (χ2n) is 6.29. The lowest BCUT2D eigenvalue weighted by Gasteiger charge is -2.07. The van der Waals surface area contributed by atoms with Crippen LogP contribution in [0.4, 0.5) is 0 Å². The van der Waals surface area contributed by atoms with Crippen LogP contribution < -0.4 is 5.43 Å². The zero-order chi connectivity index (χ0) is 18.6. The van der Waals surface area contributed by atoms with Gasteiger partial charge in [-0.05, 0) is 33.2 Å². The van der Waals surface area contributed by atoms with Crippen LogP contribution in [0.1, 0.15) is 11.1 Å². The SMILES string of the molecule is O=C(Cc1ccc(Br)c2ccccc12)N/N=C/c1cccc2ccccc12. The molecule has 0 radical (unpaired) electrons. The van der Waals surface area contributed by atoms with Gasteiger partial charge in [0.2, 0.25) is 5.91 Å². The summed E-state index contributed by atoms with van der Waals surface area (Å²) in [5, 5.41) is 8.58. The Morgan fingerprint density at radius 2 is 1.56 bits per heavy atom. The fourth-order valence-corrected chi connectivity index (χ4v) is 3.71. The lowest BCUT2D eigenvalue weighted by Crippen LogP contribution is -2.19. The molecule has 4 heteroatoms. The maximum Gasteiger partial charge on any atom is 0.244 e. The predicted octanol–water partition coefficient (Wildman–Crippen LogP) is 5.45. The molecule has 1 amide bonds. The Balaban J connectivity index is 1.50. The van der Waals surface area contributed by atoms with Gasteiger partial charge in [-0.2, -0.15) is 5.10 Å². The Labute approximate surface area is 165 Å². The van der Waals surface area contributed by atoms with Gasteiger partial charge in [0.05, 0.1) is 12.6 Å². The van der Waals surface area contributed by atoms with Crippen molar-refractivity contribution in [1.29, 1.82) is 0 Å². The zero-order valence-electron chi connectivity index (χ0n) is 14.5. The Hall–Kier alpha value is -2.98. The molecule has 4 aromatic carbocycles. The first-order chi connectivity index (χ1) is 13.2. The van der Waals surface area contributed by atoms with Crippen LogP contribution in [0.15, 0.2) is 88.4 Å². The van der Waals surface area contributed by atoms with Crippen LogP contribution in [0.2, 0.25) is 0 Å². The van der Waals surface area contributed by atoms with Crippen LogP contribution in [-0.2, 0) is 11.2 Å². The Morgan fingerprint density at radius 1 is 0.852 bits per heavy atom. The molecule has 0 bridgehead atoms. The largest absolute Gasteiger partial charge is 0.273 e. The third-order valence-electron chi connectivity index (χ3n) is 4.53. The van der Waals surface area contributed by atoms with Gasteiger partial charge in [0.25, 0.3) is 0 Å². The van der Waals surface area contributed by atoms with E-state index in [1.54, 1.807) is 6.21 Å². The number of hydrogen-bond donors (Lipinski definition) is 1. The quantitative estimate of drug-likeness (QED) is 0.348. The van der Waals surface area contributed by atoms with E-state index in [2.05, 4.69) is 38.6 Å². The smallest absolute Gasteiger partial charge is 0.244 e. The van der Waals surface area contributed by atoms with E-state index in [9.17, 15) is 4.79 Å². The van der Waals surface area contributed by atoms with E-state index in [0.717, 1.165) is 37.1 Å². The molecule has 0 aliphatic carbocycles. The number of carbonyl (C=O) groups is 1. The Bertz CT molecular complexity index is 1160. The van der Waals surface area contributed by atoms with Crippen LogP contribution in [0.25, 0.3) is 21.5 Å². The van der Waals surface area contributed by atoms with Gasteiger partial charge in [-0.1, -0.05) is 88.7 Å². The Kier molecular flexibility index (Phi) is 4.99. The highest BCUT2D eigenvalue weighted by Crippen LogP contribution is 2.27. The normalized spacial score (nSPS) is 11.3. The molecule has 4 aromatic rings. The van der Waals surface area contributed by atoms with E-state index < -0.39 is 0 Å². The van der Waals surface area contributed by atoms with Crippen molar-refractivity contribution in [2.45, 2.75) is 6.42 Å². The van der Waals surface area contributed by atoms with Gasteiger partial charge in [0.15, 0.2) is 0 Å². The van der Waals surface area contributed by atoms with Gasteiger partial charge in [-0.25, -0.2) is 5.43 Å². The Morgan fingerprint density at radius 3 is 2.41 bits per heavy atom. The predicted molar refractivity (Wildman–Crippen MR) is 115 cm³/mol. The van der Waals surface area contributed by atoms with Crippen molar-refractivity contribution in [3.8, 4) is 0 Å². The molecule has 0 atom stereocenters. The van der Waals surface area contributed by atoms with Gasteiger partial charge < -0.3 is 0 Å². The first-order valence-electron chi connectivity index (χ1n) is 8.68. The van der Waals surface area contributed by atoms with E-state index in [1.807, 2.05) is 66.7 Å². The number of carbonyl (C=O) groups excluding carboxylic acids is 1. The zero-order valence-corrected chi connectivity index (χ0v) is 16.1. The van der Waals surface area contributed by atoms with Crippen molar-refractivity contribution in [2.24, 2.45) is 5.10 Å². The number of nitrogens with zero attached hydrogens (tertiary/aromatic N) is 1. The summed E-state index contributed by atoms with van der Waals surface area (Å²) in [6, 6.07) is 26.1. The van der Waals surface area contributed by atoms with Crippen LogP contribution in [0.5, 0.6) is 0 Å². The minimum absolute atomic E-state index is 0.140. The molecule has 0 heterocycles. The van der Waals surface area contributed by atoms with E-state index in [4.69, 9.17) is 0 Å². The summed E-state index contributed by atoms with van der Waals surface area (Å²) < 4.78 is 1.02. The first-order valence-corrected chi connectivity index (χ1v) is 9.47. The maximum absolute atomic E-state index is 12.4. The van der Waals surface area contributed by atoms with Crippen LogP contribution in [0, 0.1) is 0 Å². The summed E-state index contributed by atoms with van der Waals surface area (Å²) in [6.45, 7) is 0. The number of rotatable bonds is 4. The number of hydrazone groups is 1. The van der Waals surface area contributed by atoms with E-state index >= 15 is 0 Å². The van der Waals surface area contributed by atoms with Crippen molar-refractivity contribution in [3.05, 3.63) is 94.5 Å². The van der Waals surface area contributed by atoms with Gasteiger partial charge in [-0.3, -0.25) is 4.79 Å². The average Bonchev–Trinajstić information content (AvgIpc) is 2.70. The van der Waals surface area contributed by atoms with Crippen molar-refractivity contribution in [3.63, 3.8) is 0 Å². The lowest BCUT2D eigenvalue weighted by molar-refractivity contribution is -0.120. The van der Waals surface area contributed by atoms with Crippen LogP contribution >= 0.6 is 15.9 Å². The molecule has 3 nitrogen and oxygen atoms in total. The molecule has 4 rings (SSSR count). The average molecular weight is 417 g/mol. The number of fused-ring (bicyclic) bond motifs is 2. The number of amides is 1. The molecule has 0 spiro atoms. The highest BCUT2D eigenvalue weighted by molar-refractivity contribution is 9.10. The molecule has 0 fully saturated rings. The number of hydrogen-bond acceptors (Lipinski definition) is 2. The third kappa shape index (κ3) is 3.76. The second kappa shape index (κ2) is 7.72. The fraction of sp³-hybridized carbons (Fsp3) is 0.0435. The highest BCUT2D eigenvalue weighted by Gasteiger charge is 2.08. The third-order valence-corrected chi connectivity index (χ3v) is 5.22. The van der Waals surface area contributed by atoms with Gasteiger partial charge in [0, 0.05) is 10.0 Å². The van der Waals surface area contributed by atoms with Crippen molar-refractivity contribution < 1.29 is 4.79 Å². The minimum Gasteiger partial charge on any atom is -0.273 e. The summed E-state index contributed by atoms with van der Waals surface area (Å²) >= 11 is 3.56. The molecule has 0 aliphatic heterocycles. The maximum atomic E-state index is 12.4. The number of nitrogens with one attached hydrogen (secondary N) is 1. The van der Waals surface area contributed by atoms with Crippen molar-refractivity contribution in [2.75, 3.05) is 0 Å². The molecule has 132 valence electrons. The molecule has 0 aliphatic rings. The monoisotopic (exact) mass is 416 g/mol. The van der Waals surface area contributed by atoms with Gasteiger partial charge in [0.1, 0.15) is 0 Å². The van der Waals surface area contributed by atoms with Crippen LogP contribution in [0.3, 0.4) is 0 Å². The minimum atomic E-state index is -0.140. The van der Waals surface area contributed by atoms with E-state index in [0.29, 0.717) is 0 Å². The molecule has 27 heavy (non-hydrogen) atoms. The molecule has 0 saturated carbocycles. The molecular weight excluding hydrogens is 400 g/mol. The van der Waals surface area contributed by atoms with Crippen molar-refractivity contribution in [1.82, 2.24) is 5.43 Å². The summed E-state index contributed by atoms with van der Waals surface area (Å²) in [5.74, 6) is -0.140. The summed E-state index contributed by atoms with van der Waals surface area (Å²) in [6.07, 6.45) is 1.97. The van der Waals surface area contributed by atoms with Gasteiger partial charge in [-0.15, -0.1) is 0 Å². The van der Waals surface area contributed by atoms with Crippen molar-refractivity contribution >= 4 is 49.6 Å². The number of halogens is 1. The molecule has 0 aromatic heterocycles. The molecule has 0 saturated heterocycles. The summed E-state index contributed by atoms with van der Waals surface area (Å²) in [5.41, 5.74) is 4.60. The van der Waals surface area contributed by atoms with E-state index in [-0.39, 0.29) is 12.3 Å². The highest BCUT2D eigenvalue weighted by atomic mass is 79.9.